The second-order valence-corrected chi connectivity index (χ2v) is 4.18. The van der Waals surface area contributed by atoms with E-state index in [-0.39, 0.29) is 6.61 Å². The minimum Gasteiger partial charge on any atom is -0.493 e. The number of hydrogen-bond donors (Lipinski definition) is 1. The summed E-state index contributed by atoms with van der Waals surface area (Å²) < 4.78 is 15.6. The van der Waals surface area contributed by atoms with Gasteiger partial charge in [0.15, 0.2) is 11.5 Å². The Morgan fingerprint density at radius 3 is 2.79 bits per heavy atom. The lowest BCUT2D eigenvalue weighted by Gasteiger charge is -2.13. The number of rotatable bonds is 8. The quantitative estimate of drug-likeness (QED) is 0.586. The number of methoxy groups -OCH3 is 2. The van der Waals surface area contributed by atoms with Crippen molar-refractivity contribution in [2.24, 2.45) is 0 Å². The van der Waals surface area contributed by atoms with E-state index in [1.165, 1.54) is 0 Å². The van der Waals surface area contributed by atoms with Gasteiger partial charge in [-0.25, -0.2) is 0 Å². The van der Waals surface area contributed by atoms with Crippen LogP contribution < -0.4 is 14.8 Å². The van der Waals surface area contributed by atoms with Crippen molar-refractivity contribution in [1.29, 1.82) is 0 Å². The van der Waals surface area contributed by atoms with Gasteiger partial charge in [-0.15, -0.1) is 6.42 Å². The van der Waals surface area contributed by atoms with Crippen molar-refractivity contribution in [2.75, 3.05) is 34.0 Å². The molecule has 0 bridgehead atoms. The number of hydrogen-bond acceptors (Lipinski definition) is 4. The van der Waals surface area contributed by atoms with Crippen LogP contribution in [0.3, 0.4) is 0 Å². The fraction of sp³-hybridized carbons (Fsp3) is 0.429. The first-order valence-corrected chi connectivity index (χ1v) is 6.23. The zero-order valence-corrected chi connectivity index (χ0v) is 11.9. The molecule has 0 saturated carbocycles. The summed E-state index contributed by atoms with van der Waals surface area (Å²) >= 11 is 6.16. The molecule has 0 aliphatic heterocycles. The van der Waals surface area contributed by atoms with E-state index in [9.17, 15) is 0 Å². The van der Waals surface area contributed by atoms with Crippen LogP contribution in [0.5, 0.6) is 11.5 Å². The lowest BCUT2D eigenvalue weighted by atomic mass is 10.2. The van der Waals surface area contributed by atoms with Crippen molar-refractivity contribution in [3.8, 4) is 23.8 Å². The van der Waals surface area contributed by atoms with Gasteiger partial charge in [0.2, 0.25) is 0 Å². The van der Waals surface area contributed by atoms with Gasteiger partial charge in [0.1, 0.15) is 6.61 Å². The van der Waals surface area contributed by atoms with Gasteiger partial charge in [-0.1, -0.05) is 17.5 Å². The normalized spacial score (nSPS) is 10.0. The molecule has 0 saturated heterocycles. The van der Waals surface area contributed by atoms with E-state index in [0.717, 1.165) is 12.1 Å². The van der Waals surface area contributed by atoms with E-state index in [4.69, 9.17) is 32.2 Å². The zero-order chi connectivity index (χ0) is 14.1. The summed E-state index contributed by atoms with van der Waals surface area (Å²) in [5.74, 6) is 3.45. The van der Waals surface area contributed by atoms with E-state index in [2.05, 4.69) is 11.2 Å². The Morgan fingerprint density at radius 1 is 1.37 bits per heavy atom. The maximum absolute atomic E-state index is 6.16. The Hall–Kier alpha value is -1.41. The van der Waals surface area contributed by atoms with Crippen LogP contribution in [0.2, 0.25) is 5.02 Å². The van der Waals surface area contributed by atoms with Crippen molar-refractivity contribution in [1.82, 2.24) is 5.32 Å². The van der Waals surface area contributed by atoms with Gasteiger partial charge >= 0.3 is 0 Å². The molecule has 0 aromatic heterocycles. The molecule has 0 amide bonds. The van der Waals surface area contributed by atoms with Crippen LogP contribution in [-0.2, 0) is 11.3 Å². The Kier molecular flexibility index (Phi) is 7.12. The fourth-order valence-electron chi connectivity index (χ4n) is 1.54. The SMILES string of the molecule is C#CCOc1c(Cl)cc(CNCCOC)cc1OC. The van der Waals surface area contributed by atoms with Crippen LogP contribution in [-0.4, -0.2) is 34.0 Å². The van der Waals surface area contributed by atoms with Crippen LogP contribution in [0.15, 0.2) is 12.1 Å². The molecule has 0 spiro atoms. The second kappa shape index (κ2) is 8.65. The van der Waals surface area contributed by atoms with Gasteiger partial charge < -0.3 is 19.5 Å². The highest BCUT2D eigenvalue weighted by atomic mass is 35.5. The molecule has 4 nitrogen and oxygen atoms in total. The largest absolute Gasteiger partial charge is 0.493 e. The minimum absolute atomic E-state index is 0.154. The van der Waals surface area contributed by atoms with E-state index >= 15 is 0 Å². The van der Waals surface area contributed by atoms with Crippen LogP contribution in [0.1, 0.15) is 5.56 Å². The molecule has 104 valence electrons. The standard InChI is InChI=1S/C14H18ClNO3/c1-4-6-19-14-12(15)8-11(9-13(14)18-3)10-16-5-7-17-2/h1,8-9,16H,5-7,10H2,2-3H3. The van der Waals surface area contributed by atoms with Crippen molar-refractivity contribution >= 4 is 11.6 Å². The summed E-state index contributed by atoms with van der Waals surface area (Å²) in [7, 11) is 3.23. The summed E-state index contributed by atoms with van der Waals surface area (Å²) in [5, 5.41) is 3.72. The van der Waals surface area contributed by atoms with Crippen molar-refractivity contribution in [3.63, 3.8) is 0 Å². The fourth-order valence-corrected chi connectivity index (χ4v) is 1.82. The minimum atomic E-state index is 0.154. The molecule has 0 aliphatic rings. The molecule has 0 unspecified atom stereocenters. The first-order valence-electron chi connectivity index (χ1n) is 5.85. The smallest absolute Gasteiger partial charge is 0.181 e. The van der Waals surface area contributed by atoms with Gasteiger partial charge in [-0.3, -0.25) is 0 Å². The average Bonchev–Trinajstić information content (AvgIpc) is 2.42. The summed E-state index contributed by atoms with van der Waals surface area (Å²) in [6, 6.07) is 3.70. The van der Waals surface area contributed by atoms with Crippen LogP contribution in [0.25, 0.3) is 0 Å². The third-order valence-corrected chi connectivity index (χ3v) is 2.68. The summed E-state index contributed by atoms with van der Waals surface area (Å²) in [6.07, 6.45) is 5.16. The predicted molar refractivity (Wildman–Crippen MR) is 75.9 cm³/mol. The Balaban J connectivity index is 2.75. The monoisotopic (exact) mass is 283 g/mol. The number of terminal acetylenes is 1. The molecular formula is C14H18ClNO3. The molecule has 0 fully saturated rings. The maximum atomic E-state index is 6.16. The third-order valence-electron chi connectivity index (χ3n) is 2.40. The molecule has 0 atom stereocenters. The molecular weight excluding hydrogens is 266 g/mol. The molecule has 1 aromatic rings. The number of halogens is 1. The van der Waals surface area contributed by atoms with Gasteiger partial charge in [0.05, 0.1) is 18.7 Å². The van der Waals surface area contributed by atoms with Gasteiger partial charge in [0.25, 0.3) is 0 Å². The molecule has 1 N–H and O–H groups in total. The van der Waals surface area contributed by atoms with Crippen molar-refractivity contribution in [3.05, 3.63) is 22.7 Å². The van der Waals surface area contributed by atoms with Crippen molar-refractivity contribution < 1.29 is 14.2 Å². The highest BCUT2D eigenvalue weighted by molar-refractivity contribution is 6.32. The van der Waals surface area contributed by atoms with Crippen LogP contribution in [0.4, 0.5) is 0 Å². The van der Waals surface area contributed by atoms with Crippen LogP contribution in [0, 0.1) is 12.3 Å². The molecule has 1 aromatic carbocycles. The van der Waals surface area contributed by atoms with E-state index in [1.54, 1.807) is 14.2 Å². The van der Waals surface area contributed by atoms with Crippen LogP contribution >= 0.6 is 11.6 Å². The molecule has 1 rings (SSSR count). The molecule has 0 aliphatic carbocycles. The number of nitrogens with one attached hydrogen (secondary N) is 1. The summed E-state index contributed by atoms with van der Waals surface area (Å²) in [5.41, 5.74) is 1.01. The van der Waals surface area contributed by atoms with E-state index in [1.807, 2.05) is 12.1 Å². The summed E-state index contributed by atoms with van der Waals surface area (Å²) in [4.78, 5) is 0. The lowest BCUT2D eigenvalue weighted by Crippen LogP contribution is -2.18. The first kappa shape index (κ1) is 15.6. The maximum Gasteiger partial charge on any atom is 0.181 e. The van der Waals surface area contributed by atoms with Gasteiger partial charge in [-0.05, 0) is 17.7 Å². The summed E-state index contributed by atoms with van der Waals surface area (Å²) in [6.45, 7) is 2.26. The Bertz CT molecular complexity index is 443. The number of ether oxygens (including phenoxy) is 3. The molecule has 5 heteroatoms. The number of benzene rings is 1. The third kappa shape index (κ3) is 4.99. The highest BCUT2D eigenvalue weighted by Gasteiger charge is 2.11. The molecule has 19 heavy (non-hydrogen) atoms. The Labute approximate surface area is 119 Å². The lowest BCUT2D eigenvalue weighted by molar-refractivity contribution is 0.199. The average molecular weight is 284 g/mol. The topological polar surface area (TPSA) is 39.7 Å². The second-order valence-electron chi connectivity index (χ2n) is 3.77. The van der Waals surface area contributed by atoms with Gasteiger partial charge in [0, 0.05) is 20.2 Å². The van der Waals surface area contributed by atoms with Gasteiger partial charge in [-0.2, -0.15) is 0 Å². The predicted octanol–water partition coefficient (Wildman–Crippen LogP) is 2.10. The highest BCUT2D eigenvalue weighted by Crippen LogP contribution is 2.36. The van der Waals surface area contributed by atoms with Crippen molar-refractivity contribution in [2.45, 2.75) is 6.54 Å². The van der Waals surface area contributed by atoms with E-state index < -0.39 is 0 Å². The zero-order valence-electron chi connectivity index (χ0n) is 11.2. The molecule has 0 radical (unpaired) electrons. The first-order chi connectivity index (χ1) is 9.22. The van der Waals surface area contributed by atoms with E-state index in [0.29, 0.717) is 29.7 Å². The Morgan fingerprint density at radius 2 is 2.16 bits per heavy atom. The molecule has 0 heterocycles.